The Hall–Kier alpha value is -1.12. The summed E-state index contributed by atoms with van der Waals surface area (Å²) in [5, 5.41) is 0. The average Bonchev–Trinajstić information content (AvgIpc) is 2.54. The molecule has 1 atom stereocenters. The summed E-state index contributed by atoms with van der Waals surface area (Å²) in [6, 6.07) is 0. The predicted octanol–water partition coefficient (Wildman–Crippen LogP) is 2.11. The van der Waals surface area contributed by atoms with Crippen molar-refractivity contribution in [1.82, 2.24) is 0 Å². The third kappa shape index (κ3) is 27.3. The van der Waals surface area contributed by atoms with E-state index >= 15 is 0 Å². The number of hydrogen-bond acceptors (Lipinski definition) is 3. The van der Waals surface area contributed by atoms with Crippen LogP contribution in [0, 0.1) is 39.2 Å². The zero-order chi connectivity index (χ0) is 17.6. The van der Waals surface area contributed by atoms with Gasteiger partial charge in [-0.2, -0.15) is 0 Å². The second-order valence-corrected chi connectivity index (χ2v) is 3.64. The van der Waals surface area contributed by atoms with Crippen molar-refractivity contribution < 1.29 is 45.4 Å². The molecule has 0 N–H and O–H groups in total. The van der Waals surface area contributed by atoms with Gasteiger partial charge in [-0.1, -0.05) is 26.2 Å². The molecule has 0 spiro atoms. The fourth-order valence-electron chi connectivity index (χ4n) is 1.29. The first-order chi connectivity index (χ1) is 10.2. The summed E-state index contributed by atoms with van der Waals surface area (Å²) in [7, 11) is 0. The third-order valence-corrected chi connectivity index (χ3v) is 2.19. The smallest absolute Gasteiger partial charge is 0 e. The quantitative estimate of drug-likeness (QED) is 0.198. The Morgan fingerprint density at radius 3 is 1.95 bits per heavy atom. The molecule has 123 valence electrons. The molecule has 0 rings (SSSR count). The molecule has 0 aromatic heterocycles. The van der Waals surface area contributed by atoms with E-state index in [1.165, 1.54) is 12.9 Å². The Bertz CT molecular complexity index is 273. The van der Waals surface area contributed by atoms with Crippen LogP contribution in [0.5, 0.6) is 0 Å². The van der Waals surface area contributed by atoms with E-state index in [1.807, 2.05) is 6.92 Å². The zero-order valence-electron chi connectivity index (χ0n) is 12.4. The molecule has 0 amide bonds. The molecule has 0 fully saturated rings. The van der Waals surface area contributed by atoms with E-state index in [2.05, 4.69) is 26.9 Å². The third-order valence-electron chi connectivity index (χ3n) is 2.19. The first kappa shape index (κ1) is 32.7. The van der Waals surface area contributed by atoms with E-state index < -0.39 is 5.60 Å². The molecule has 22 heavy (non-hydrogen) atoms. The number of unbranched alkanes of at least 4 members (excludes halogenated alkanes) is 3. The molecule has 6 nitrogen and oxygen atoms in total. The molecule has 0 aromatic rings. The number of aldehydes is 1. The first-order valence-corrected chi connectivity index (χ1v) is 5.81. The van der Waals surface area contributed by atoms with Gasteiger partial charge in [-0.15, -0.1) is 0 Å². The van der Waals surface area contributed by atoms with Crippen molar-refractivity contribution in [2.75, 3.05) is 0 Å². The molecule has 0 heterocycles. The minimum atomic E-state index is -0.642. The van der Waals surface area contributed by atoms with Gasteiger partial charge < -0.3 is 14.3 Å². The Morgan fingerprint density at radius 2 is 1.59 bits per heavy atom. The van der Waals surface area contributed by atoms with Crippen LogP contribution in [-0.4, -0.2) is 18.4 Å². The van der Waals surface area contributed by atoms with E-state index in [-0.39, 0.29) is 17.1 Å². The van der Waals surface area contributed by atoms with Gasteiger partial charge in [-0.05, 0) is 26.2 Å². The Labute approximate surface area is 143 Å². The number of hydrogen-bond donors (Lipinski definition) is 0. The molecule has 0 aromatic carbocycles. The van der Waals surface area contributed by atoms with Gasteiger partial charge in [-0.25, -0.2) is 0 Å². The Morgan fingerprint density at radius 1 is 1.09 bits per heavy atom. The van der Waals surface area contributed by atoms with Gasteiger partial charge in [0.25, 0.3) is 0 Å². The molecule has 0 aliphatic carbocycles. The summed E-state index contributed by atoms with van der Waals surface area (Å²) in [6.45, 7) is 18.9. The van der Waals surface area contributed by atoms with Crippen molar-refractivity contribution in [2.24, 2.45) is 0 Å². The summed E-state index contributed by atoms with van der Waals surface area (Å²) in [6.07, 6.45) is 9.31. The molecule has 0 saturated heterocycles. The van der Waals surface area contributed by atoms with E-state index in [4.69, 9.17) is 18.7 Å². The Kier molecular flexibility index (Phi) is 47.6. The van der Waals surface area contributed by atoms with E-state index in [9.17, 15) is 9.59 Å². The number of rotatable bonds is 10. The van der Waals surface area contributed by atoms with Gasteiger partial charge in [0.15, 0.2) is 0 Å². The van der Waals surface area contributed by atoms with Crippen LogP contribution < -0.4 is 0 Å². The fourth-order valence-corrected chi connectivity index (χ4v) is 1.29. The van der Waals surface area contributed by atoms with E-state index in [0.29, 0.717) is 6.29 Å². The molecular weight excluding hydrogens is 332 g/mol. The van der Waals surface area contributed by atoms with Gasteiger partial charge in [0.05, 0.1) is 5.60 Å². The molecule has 0 saturated carbocycles. The van der Waals surface area contributed by atoms with Crippen molar-refractivity contribution in [1.29, 1.82) is 0 Å². The molecular formula is C15H18FeO6-. The minimum absolute atomic E-state index is 0. The van der Waals surface area contributed by atoms with Gasteiger partial charge in [-0.3, -0.25) is 0 Å². The second-order valence-electron chi connectivity index (χ2n) is 3.64. The van der Waals surface area contributed by atoms with E-state index in [0.717, 1.165) is 25.7 Å². The van der Waals surface area contributed by atoms with Crippen LogP contribution in [0.15, 0.2) is 0 Å². The molecule has 1 unspecified atom stereocenters. The summed E-state index contributed by atoms with van der Waals surface area (Å²) in [4.78, 5) is 20.3. The van der Waals surface area contributed by atoms with Gasteiger partial charge in [0, 0.05) is 29.9 Å². The standard InChI is InChI=1S/C12H18O3.3CO.Fe/c1-3-4-5-8-12(2,15-11-14)9-6-7-10-13;3*1-2;/h6-7,9-10H,3-5,8H2,1-2H3;;;;/q-1;;;;. The molecule has 0 aliphatic rings. The van der Waals surface area contributed by atoms with Crippen LogP contribution in [-0.2, 0) is 45.4 Å². The van der Waals surface area contributed by atoms with Crippen LogP contribution in [0.25, 0.3) is 0 Å². The largest absolute Gasteiger partial charge is 0 e. The minimum Gasteiger partial charge on any atom is 0 e. The monoisotopic (exact) mass is 350 g/mol. The normalized spacial score (nSPS) is 10.0. The van der Waals surface area contributed by atoms with Crippen LogP contribution in [0.2, 0.25) is 0 Å². The van der Waals surface area contributed by atoms with Crippen LogP contribution in [0.4, 0.5) is 0 Å². The summed E-state index contributed by atoms with van der Waals surface area (Å²) in [5.41, 5.74) is -0.642. The van der Waals surface area contributed by atoms with Crippen molar-refractivity contribution >= 4 is 12.8 Å². The van der Waals surface area contributed by atoms with Crippen molar-refractivity contribution in [2.45, 2.75) is 45.1 Å². The molecule has 3 radical (unpaired) electrons. The summed E-state index contributed by atoms with van der Waals surface area (Å²) in [5.74, 6) is 0. The number of ether oxygens (including phenoxy) is 1. The number of carbonyl (C=O) groups excluding carboxylic acids is 2. The average molecular weight is 350 g/mol. The molecule has 7 heteroatoms. The molecule has 0 bridgehead atoms. The molecule has 0 aliphatic heterocycles. The second kappa shape index (κ2) is 32.0. The topological polar surface area (TPSA) is 103 Å². The van der Waals surface area contributed by atoms with Crippen molar-refractivity contribution in [3.05, 3.63) is 39.2 Å². The van der Waals surface area contributed by atoms with Crippen molar-refractivity contribution in [3.8, 4) is 0 Å². The maximum atomic E-state index is 10.2. The van der Waals surface area contributed by atoms with Gasteiger partial charge in [0.1, 0.15) is 6.29 Å². The maximum absolute atomic E-state index is 10.2. The Balaban J connectivity index is -0.000000122. The van der Waals surface area contributed by atoms with E-state index in [1.54, 1.807) is 12.8 Å². The van der Waals surface area contributed by atoms with Crippen LogP contribution in [0.1, 0.15) is 39.5 Å². The fraction of sp³-hybridized carbons (Fsp3) is 0.467. The maximum Gasteiger partial charge on any atom is 0 e. The van der Waals surface area contributed by atoms with Gasteiger partial charge >= 0.3 is 33.9 Å². The SMILES string of the molecule is CCCCCC(C)([CH][CH][CH]C=O)O[C-]=O.[C-]#[O+].[C-]#[O+].[C-]#[O+].[Fe]. The summed E-state index contributed by atoms with van der Waals surface area (Å²) >= 11 is 0. The van der Waals surface area contributed by atoms with Crippen LogP contribution >= 0.6 is 0 Å². The predicted molar refractivity (Wildman–Crippen MR) is 70.1 cm³/mol. The first-order valence-electron chi connectivity index (χ1n) is 5.81. The van der Waals surface area contributed by atoms with Gasteiger partial charge in [0.2, 0.25) is 0 Å². The van der Waals surface area contributed by atoms with Crippen molar-refractivity contribution in [3.63, 3.8) is 0 Å². The van der Waals surface area contributed by atoms with Crippen LogP contribution in [0.3, 0.4) is 0 Å². The zero-order valence-corrected chi connectivity index (χ0v) is 13.5. The number of carbonyl (C=O) groups is 1. The summed E-state index contributed by atoms with van der Waals surface area (Å²) < 4.78 is 27.4.